The Labute approximate surface area is 190 Å². The molecule has 0 amide bonds. The number of fused-ring (bicyclic) bond motifs is 3. The Kier molecular flexibility index (Phi) is 5.34. The predicted octanol–water partition coefficient (Wildman–Crippen LogP) is 4.37. The van der Waals surface area contributed by atoms with Crippen molar-refractivity contribution in [2.45, 2.75) is 6.92 Å². The Morgan fingerprint density at radius 2 is 1.64 bits per heavy atom. The molecular weight excluding hydrogens is 413 g/mol. The largest absolute Gasteiger partial charge is 0.492 e. The van der Waals surface area contributed by atoms with Crippen molar-refractivity contribution >= 4 is 40.1 Å². The summed E-state index contributed by atoms with van der Waals surface area (Å²) in [4.78, 5) is 14.0. The van der Waals surface area contributed by atoms with Crippen LogP contribution in [0.1, 0.15) is 12.7 Å². The molecule has 0 radical (unpaired) electrons. The second kappa shape index (κ2) is 8.46. The van der Waals surface area contributed by atoms with E-state index in [4.69, 9.17) is 9.40 Å². The molecule has 0 bridgehead atoms. The first-order valence-corrected chi connectivity index (χ1v) is 10.5. The van der Waals surface area contributed by atoms with Crippen molar-refractivity contribution in [3.8, 4) is 22.8 Å². The van der Waals surface area contributed by atoms with Crippen molar-refractivity contribution in [1.82, 2.24) is 15.0 Å². The summed E-state index contributed by atoms with van der Waals surface area (Å²) in [5, 5.41) is 21.1. The molecule has 5 rings (SSSR count). The summed E-state index contributed by atoms with van der Waals surface area (Å²) in [7, 11) is -1.62. The molecule has 0 saturated carbocycles. The average Bonchev–Trinajstić information content (AvgIpc) is 3.22. The number of hydrogen-bond donors (Lipinski definition) is 2. The van der Waals surface area contributed by atoms with Crippen molar-refractivity contribution in [2.24, 2.45) is 0 Å². The molecule has 0 aliphatic rings. The number of aromatic nitrogens is 3. The van der Waals surface area contributed by atoms with E-state index in [9.17, 15) is 10.0 Å². The van der Waals surface area contributed by atoms with Crippen LogP contribution < -0.4 is 5.46 Å². The average molecular weight is 433 g/mol. The van der Waals surface area contributed by atoms with Crippen molar-refractivity contribution in [3.05, 3.63) is 91.3 Å². The first kappa shape index (κ1) is 20.8. The van der Waals surface area contributed by atoms with Gasteiger partial charge in [-0.15, -0.1) is 0 Å². The van der Waals surface area contributed by atoms with Crippen LogP contribution in [0.15, 0.2) is 89.9 Å². The van der Waals surface area contributed by atoms with E-state index in [1.54, 1.807) is 12.1 Å². The van der Waals surface area contributed by atoms with Crippen LogP contribution in [0.25, 0.3) is 50.3 Å². The molecular formula is C26H20BN3O3. The molecule has 0 saturated heterocycles. The number of benzene rings is 3. The van der Waals surface area contributed by atoms with Crippen LogP contribution in [-0.4, -0.2) is 32.1 Å². The lowest BCUT2D eigenvalue weighted by atomic mass is 9.79. The highest BCUT2D eigenvalue weighted by Crippen LogP contribution is 2.31. The van der Waals surface area contributed by atoms with Gasteiger partial charge in [-0.1, -0.05) is 73.3 Å². The molecule has 0 aliphatic carbocycles. The second-order valence-corrected chi connectivity index (χ2v) is 7.61. The maximum atomic E-state index is 9.70. The van der Waals surface area contributed by atoms with E-state index in [0.29, 0.717) is 39.7 Å². The molecule has 0 fully saturated rings. The number of allylic oxidation sites excluding steroid dienone is 3. The summed E-state index contributed by atoms with van der Waals surface area (Å²) in [6.45, 7) is 6.00. The number of furan rings is 1. The summed E-state index contributed by atoms with van der Waals surface area (Å²) in [6, 6.07) is 20.7. The Hall–Kier alpha value is -4.07. The molecule has 7 heteroatoms. The van der Waals surface area contributed by atoms with Gasteiger partial charge in [-0.3, -0.25) is 0 Å². The van der Waals surface area contributed by atoms with Crippen LogP contribution in [0.3, 0.4) is 0 Å². The first-order valence-electron chi connectivity index (χ1n) is 10.5. The smallest absolute Gasteiger partial charge is 0.456 e. The fourth-order valence-electron chi connectivity index (χ4n) is 3.80. The Bertz CT molecular complexity index is 1520. The van der Waals surface area contributed by atoms with Crippen LogP contribution in [0.2, 0.25) is 0 Å². The quantitative estimate of drug-likeness (QED) is 0.316. The summed E-state index contributed by atoms with van der Waals surface area (Å²) >= 11 is 0. The highest BCUT2D eigenvalue weighted by molar-refractivity contribution is 6.61. The molecule has 0 atom stereocenters. The molecule has 5 aromatic rings. The number of hydrogen-bond acceptors (Lipinski definition) is 6. The van der Waals surface area contributed by atoms with E-state index in [-0.39, 0.29) is 0 Å². The normalized spacial score (nSPS) is 11.5. The van der Waals surface area contributed by atoms with Gasteiger partial charge in [0.2, 0.25) is 0 Å². The lowest BCUT2D eigenvalue weighted by Gasteiger charge is -2.08. The molecule has 33 heavy (non-hydrogen) atoms. The number of para-hydroxylation sites is 1. The minimum absolute atomic E-state index is 0.321. The fourth-order valence-corrected chi connectivity index (χ4v) is 3.80. The van der Waals surface area contributed by atoms with Crippen LogP contribution in [0.5, 0.6) is 0 Å². The zero-order valence-electron chi connectivity index (χ0n) is 17.9. The third-order valence-electron chi connectivity index (χ3n) is 5.39. The Morgan fingerprint density at radius 3 is 2.36 bits per heavy atom. The zero-order valence-corrected chi connectivity index (χ0v) is 17.9. The van der Waals surface area contributed by atoms with E-state index in [2.05, 4.69) is 16.5 Å². The second-order valence-electron chi connectivity index (χ2n) is 7.61. The lowest BCUT2D eigenvalue weighted by molar-refractivity contribution is 0.425. The third kappa shape index (κ3) is 3.84. The topological polar surface area (TPSA) is 92.3 Å². The van der Waals surface area contributed by atoms with E-state index < -0.39 is 7.12 Å². The molecule has 0 aliphatic heterocycles. The van der Waals surface area contributed by atoms with Crippen LogP contribution in [0.4, 0.5) is 0 Å². The highest BCUT2D eigenvalue weighted by Gasteiger charge is 2.20. The van der Waals surface area contributed by atoms with Crippen LogP contribution in [-0.2, 0) is 0 Å². The molecule has 160 valence electrons. The summed E-state index contributed by atoms with van der Waals surface area (Å²) < 4.78 is 6.02. The predicted molar refractivity (Wildman–Crippen MR) is 132 cm³/mol. The molecule has 3 aromatic carbocycles. The minimum Gasteiger partial charge on any atom is -0.456 e. The van der Waals surface area contributed by atoms with E-state index >= 15 is 0 Å². The summed E-state index contributed by atoms with van der Waals surface area (Å²) in [6.07, 6.45) is 3.75. The minimum atomic E-state index is -1.62. The first-order chi connectivity index (χ1) is 16.0. The van der Waals surface area contributed by atoms with Gasteiger partial charge in [-0.25, -0.2) is 15.0 Å². The van der Waals surface area contributed by atoms with Crippen molar-refractivity contribution in [1.29, 1.82) is 0 Å². The van der Waals surface area contributed by atoms with Gasteiger partial charge >= 0.3 is 7.12 Å². The monoisotopic (exact) mass is 433 g/mol. The molecule has 0 spiro atoms. The zero-order chi connectivity index (χ0) is 22.9. The lowest BCUT2D eigenvalue weighted by Crippen LogP contribution is -2.29. The number of rotatable bonds is 5. The van der Waals surface area contributed by atoms with Gasteiger partial charge < -0.3 is 14.5 Å². The van der Waals surface area contributed by atoms with E-state index in [0.717, 1.165) is 21.9 Å². The maximum Gasteiger partial charge on any atom is 0.492 e. The van der Waals surface area contributed by atoms with E-state index in [1.807, 2.05) is 73.7 Å². The van der Waals surface area contributed by atoms with Gasteiger partial charge in [-0.2, -0.15) is 0 Å². The molecule has 2 aromatic heterocycles. The standard InChI is InChI=1S/C26H20BN3O3/c1-3-8-16(2)24-28-25(17-9-5-4-6-10-17)30-26(29-24)18-13-14-19-20-11-7-12-21(27(31)32)23(20)33-22(19)15-18/h3-15,31-32H,2H2,1H3/b8-3-. The number of nitrogens with zero attached hydrogens (tertiary/aromatic N) is 3. The van der Waals surface area contributed by atoms with E-state index in [1.165, 1.54) is 0 Å². The molecule has 2 N–H and O–H groups in total. The van der Waals surface area contributed by atoms with Crippen LogP contribution >= 0.6 is 0 Å². The van der Waals surface area contributed by atoms with Gasteiger partial charge in [0.15, 0.2) is 17.5 Å². The molecule has 6 nitrogen and oxygen atoms in total. The van der Waals surface area contributed by atoms with Crippen molar-refractivity contribution < 1.29 is 14.5 Å². The maximum absolute atomic E-state index is 9.70. The van der Waals surface area contributed by atoms with Gasteiger partial charge in [0.1, 0.15) is 11.2 Å². The summed E-state index contributed by atoms with van der Waals surface area (Å²) in [5.41, 5.74) is 3.68. The highest BCUT2D eigenvalue weighted by atomic mass is 16.4. The van der Waals surface area contributed by atoms with Gasteiger partial charge in [0, 0.05) is 32.9 Å². The van der Waals surface area contributed by atoms with Crippen LogP contribution in [0, 0.1) is 0 Å². The molecule has 2 heterocycles. The third-order valence-corrected chi connectivity index (χ3v) is 5.39. The Morgan fingerprint density at radius 1 is 0.879 bits per heavy atom. The summed E-state index contributed by atoms with van der Waals surface area (Å²) in [5.74, 6) is 1.54. The van der Waals surface area contributed by atoms with Gasteiger partial charge in [0.05, 0.1) is 0 Å². The Balaban J connectivity index is 1.70. The van der Waals surface area contributed by atoms with Gasteiger partial charge in [-0.05, 0) is 19.1 Å². The van der Waals surface area contributed by atoms with Crippen molar-refractivity contribution in [2.75, 3.05) is 0 Å². The fraction of sp³-hybridized carbons (Fsp3) is 0.0385. The van der Waals surface area contributed by atoms with Gasteiger partial charge in [0.25, 0.3) is 0 Å². The SMILES string of the molecule is C=C(/C=C\C)c1nc(-c2ccccc2)nc(-c2ccc3c(c2)oc2c(B(O)O)cccc23)n1. The van der Waals surface area contributed by atoms with Crippen molar-refractivity contribution in [3.63, 3.8) is 0 Å². The molecule has 0 unspecified atom stereocenters.